The van der Waals surface area contributed by atoms with E-state index in [-0.39, 0.29) is 24.2 Å². The molecule has 0 saturated carbocycles. The lowest BCUT2D eigenvalue weighted by molar-refractivity contribution is -0.274. The van der Waals surface area contributed by atoms with Gasteiger partial charge in [0.15, 0.2) is 17.4 Å². The second-order valence-electron chi connectivity index (χ2n) is 6.63. The first-order chi connectivity index (χ1) is 13.7. The molecule has 0 unspecified atom stereocenters. The van der Waals surface area contributed by atoms with Gasteiger partial charge in [-0.2, -0.15) is 0 Å². The van der Waals surface area contributed by atoms with Crippen molar-refractivity contribution in [2.24, 2.45) is 5.92 Å². The van der Waals surface area contributed by atoms with Gasteiger partial charge in [0.2, 0.25) is 0 Å². The summed E-state index contributed by atoms with van der Waals surface area (Å²) in [5.74, 6) is -4.69. The van der Waals surface area contributed by atoms with Crippen molar-refractivity contribution in [1.29, 1.82) is 0 Å². The maximum Gasteiger partial charge on any atom is 0.573 e. The predicted octanol–water partition coefficient (Wildman–Crippen LogP) is 4.60. The third-order valence-electron chi connectivity index (χ3n) is 4.63. The van der Waals surface area contributed by atoms with Crippen LogP contribution in [0.5, 0.6) is 5.75 Å². The lowest BCUT2D eigenvalue weighted by Gasteiger charge is -2.32. The minimum atomic E-state index is -4.95. The highest BCUT2D eigenvalue weighted by Gasteiger charge is 2.35. The SMILES string of the molecule is O=C(c1ccc(F)c(F)c1)[C@H]1CCCN(C(=O)c2ccccc2OC(F)(F)F)C1. The Morgan fingerprint density at radius 1 is 1.03 bits per heavy atom. The van der Waals surface area contributed by atoms with E-state index in [9.17, 15) is 31.5 Å². The van der Waals surface area contributed by atoms with Gasteiger partial charge >= 0.3 is 6.36 Å². The Kier molecular flexibility index (Phi) is 5.86. The van der Waals surface area contributed by atoms with E-state index in [1.54, 1.807) is 0 Å². The summed E-state index contributed by atoms with van der Waals surface area (Å²) in [6, 6.07) is 7.77. The second kappa shape index (κ2) is 8.18. The zero-order valence-electron chi connectivity index (χ0n) is 15.0. The van der Waals surface area contributed by atoms with Crippen LogP contribution < -0.4 is 4.74 Å². The van der Waals surface area contributed by atoms with Crippen LogP contribution >= 0.6 is 0 Å². The molecule has 29 heavy (non-hydrogen) atoms. The van der Waals surface area contributed by atoms with Crippen molar-refractivity contribution < 1.29 is 36.3 Å². The van der Waals surface area contributed by atoms with Gasteiger partial charge in [-0.15, -0.1) is 13.2 Å². The molecular weight excluding hydrogens is 397 g/mol. The maximum atomic E-state index is 13.4. The largest absolute Gasteiger partial charge is 0.573 e. The molecule has 0 N–H and O–H groups in total. The molecule has 0 radical (unpaired) electrons. The molecule has 4 nitrogen and oxygen atoms in total. The number of nitrogens with zero attached hydrogens (tertiary/aromatic N) is 1. The highest BCUT2D eigenvalue weighted by Crippen LogP contribution is 2.29. The summed E-state index contributed by atoms with van der Waals surface area (Å²) in [6.45, 7) is 0.206. The van der Waals surface area contributed by atoms with Crippen molar-refractivity contribution in [1.82, 2.24) is 4.90 Å². The molecule has 1 amide bonds. The molecule has 1 fully saturated rings. The number of carbonyl (C=O) groups is 2. The first kappa shape index (κ1) is 20.8. The highest BCUT2D eigenvalue weighted by molar-refractivity contribution is 6.00. The van der Waals surface area contributed by atoms with Gasteiger partial charge < -0.3 is 9.64 Å². The minimum Gasteiger partial charge on any atom is -0.405 e. The number of Topliss-reactive ketones (excluding diaryl/α,β-unsaturated/α-hetero) is 1. The van der Waals surface area contributed by atoms with E-state index in [1.165, 1.54) is 23.1 Å². The molecule has 1 atom stereocenters. The van der Waals surface area contributed by atoms with E-state index in [0.717, 1.165) is 24.3 Å². The quantitative estimate of drug-likeness (QED) is 0.544. The van der Waals surface area contributed by atoms with Gasteiger partial charge in [0.05, 0.1) is 5.56 Å². The number of hydrogen-bond acceptors (Lipinski definition) is 3. The molecule has 0 aromatic heterocycles. The molecule has 2 aromatic rings. The smallest absolute Gasteiger partial charge is 0.405 e. The standard InChI is InChI=1S/C20H16F5NO3/c21-15-8-7-12(10-16(15)22)18(27)13-4-3-9-26(11-13)19(28)14-5-1-2-6-17(14)29-20(23,24)25/h1-2,5-8,10,13H,3-4,9,11H2/t13-/m0/s1. The van der Waals surface area contributed by atoms with Gasteiger partial charge in [-0.3, -0.25) is 9.59 Å². The van der Waals surface area contributed by atoms with Crippen LogP contribution in [-0.4, -0.2) is 36.0 Å². The zero-order valence-corrected chi connectivity index (χ0v) is 15.0. The lowest BCUT2D eigenvalue weighted by Crippen LogP contribution is -2.42. The molecule has 1 aliphatic rings. The normalized spacial score (nSPS) is 17.1. The average Bonchev–Trinajstić information content (AvgIpc) is 2.68. The van der Waals surface area contributed by atoms with E-state index in [4.69, 9.17) is 0 Å². The van der Waals surface area contributed by atoms with E-state index >= 15 is 0 Å². The third-order valence-corrected chi connectivity index (χ3v) is 4.63. The number of carbonyl (C=O) groups excluding carboxylic acids is 2. The van der Waals surface area contributed by atoms with Crippen molar-refractivity contribution in [2.75, 3.05) is 13.1 Å². The fraction of sp³-hybridized carbons (Fsp3) is 0.300. The van der Waals surface area contributed by atoms with Crippen molar-refractivity contribution in [3.8, 4) is 5.75 Å². The number of benzene rings is 2. The van der Waals surface area contributed by atoms with Crippen LogP contribution in [0.15, 0.2) is 42.5 Å². The number of likely N-dealkylation sites (tertiary alicyclic amines) is 1. The molecule has 0 bridgehead atoms. The Bertz CT molecular complexity index is 929. The minimum absolute atomic E-state index is 0.0241. The Hall–Kier alpha value is -2.97. The van der Waals surface area contributed by atoms with Crippen molar-refractivity contribution in [3.63, 3.8) is 0 Å². The molecule has 0 aliphatic carbocycles. The van der Waals surface area contributed by atoms with Gasteiger partial charge in [0, 0.05) is 24.6 Å². The number of ether oxygens (including phenoxy) is 1. The van der Waals surface area contributed by atoms with Gasteiger partial charge in [-0.05, 0) is 43.2 Å². The van der Waals surface area contributed by atoms with Crippen LogP contribution in [0.2, 0.25) is 0 Å². The number of amides is 1. The predicted molar refractivity (Wildman–Crippen MR) is 92.4 cm³/mol. The molecular formula is C20H16F5NO3. The number of para-hydroxylation sites is 1. The molecule has 9 heteroatoms. The summed E-state index contributed by atoms with van der Waals surface area (Å²) in [5, 5.41) is 0. The van der Waals surface area contributed by atoms with Crippen LogP contribution in [0.3, 0.4) is 0 Å². The van der Waals surface area contributed by atoms with E-state index < -0.39 is 41.4 Å². The summed E-state index contributed by atoms with van der Waals surface area (Å²) < 4.78 is 68.2. The topological polar surface area (TPSA) is 46.6 Å². The Balaban J connectivity index is 1.78. The number of halogens is 5. The summed E-state index contributed by atoms with van der Waals surface area (Å²) in [5.41, 5.74) is -0.297. The Labute approximate surface area is 162 Å². The fourth-order valence-electron chi connectivity index (χ4n) is 3.29. The van der Waals surface area contributed by atoms with E-state index in [0.29, 0.717) is 12.8 Å². The number of hydrogen-bond donors (Lipinski definition) is 0. The van der Waals surface area contributed by atoms with E-state index in [1.807, 2.05) is 0 Å². The number of ketones is 1. The fourth-order valence-corrected chi connectivity index (χ4v) is 3.29. The van der Waals surface area contributed by atoms with E-state index in [2.05, 4.69) is 4.74 Å². The summed E-state index contributed by atoms with van der Waals surface area (Å²) in [6.07, 6.45) is -4.10. The van der Waals surface area contributed by atoms with Crippen LogP contribution in [0.1, 0.15) is 33.6 Å². The summed E-state index contributed by atoms with van der Waals surface area (Å²) >= 11 is 0. The zero-order chi connectivity index (χ0) is 21.2. The first-order valence-electron chi connectivity index (χ1n) is 8.79. The second-order valence-corrected chi connectivity index (χ2v) is 6.63. The number of alkyl halides is 3. The first-order valence-corrected chi connectivity index (χ1v) is 8.79. The molecule has 1 heterocycles. The average molecular weight is 413 g/mol. The van der Waals surface area contributed by atoms with Crippen LogP contribution in [0.25, 0.3) is 0 Å². The molecule has 0 spiro atoms. The number of rotatable bonds is 4. The van der Waals surface area contributed by atoms with Gasteiger partial charge in [0.25, 0.3) is 5.91 Å². The summed E-state index contributed by atoms with van der Waals surface area (Å²) in [7, 11) is 0. The van der Waals surface area contributed by atoms with Gasteiger partial charge in [0.1, 0.15) is 5.75 Å². The molecule has 2 aromatic carbocycles. The third kappa shape index (κ3) is 4.90. The Morgan fingerprint density at radius 2 is 1.76 bits per heavy atom. The Morgan fingerprint density at radius 3 is 2.45 bits per heavy atom. The van der Waals surface area contributed by atoms with Crippen molar-refractivity contribution >= 4 is 11.7 Å². The monoisotopic (exact) mass is 413 g/mol. The summed E-state index contributed by atoms with van der Waals surface area (Å²) in [4.78, 5) is 26.7. The molecule has 3 rings (SSSR count). The molecule has 1 saturated heterocycles. The molecule has 1 aliphatic heterocycles. The lowest BCUT2D eigenvalue weighted by atomic mass is 9.89. The van der Waals surface area contributed by atoms with Crippen LogP contribution in [0.4, 0.5) is 22.0 Å². The number of piperidine rings is 1. The highest BCUT2D eigenvalue weighted by atomic mass is 19.4. The molecule has 154 valence electrons. The van der Waals surface area contributed by atoms with Gasteiger partial charge in [-0.1, -0.05) is 12.1 Å². The van der Waals surface area contributed by atoms with Crippen LogP contribution in [0, 0.1) is 17.6 Å². The van der Waals surface area contributed by atoms with Crippen LogP contribution in [-0.2, 0) is 0 Å². The van der Waals surface area contributed by atoms with Gasteiger partial charge in [-0.25, -0.2) is 8.78 Å². The van der Waals surface area contributed by atoms with Crippen molar-refractivity contribution in [3.05, 3.63) is 65.2 Å². The maximum absolute atomic E-state index is 13.4. The van der Waals surface area contributed by atoms with Crippen molar-refractivity contribution in [2.45, 2.75) is 19.2 Å².